The highest BCUT2D eigenvalue weighted by molar-refractivity contribution is 8.00. The molecule has 1 amide bonds. The maximum absolute atomic E-state index is 12.2. The molecule has 1 aliphatic carbocycles. The van der Waals surface area contributed by atoms with Crippen molar-refractivity contribution in [2.45, 2.75) is 30.7 Å². The number of pyridine rings is 1. The van der Waals surface area contributed by atoms with Crippen molar-refractivity contribution in [1.29, 1.82) is 5.26 Å². The number of aromatic nitrogens is 1. The van der Waals surface area contributed by atoms with Gasteiger partial charge < -0.3 is 10.4 Å². The quantitative estimate of drug-likeness (QED) is 0.786. The molecule has 0 saturated heterocycles. The molecule has 1 aromatic heterocycles. The van der Waals surface area contributed by atoms with Crippen LogP contribution in [0.25, 0.3) is 0 Å². The number of aromatic carboxylic acids is 1. The van der Waals surface area contributed by atoms with E-state index in [-0.39, 0.29) is 17.2 Å². The number of carboxylic acids is 1. The molecule has 3 rings (SSSR count). The van der Waals surface area contributed by atoms with Gasteiger partial charge in [-0.25, -0.2) is 9.78 Å². The largest absolute Gasteiger partial charge is 0.478 e. The Morgan fingerprint density at radius 2 is 2.08 bits per heavy atom. The summed E-state index contributed by atoms with van der Waals surface area (Å²) in [7, 11) is 0. The van der Waals surface area contributed by atoms with E-state index in [1.54, 1.807) is 12.1 Å². The van der Waals surface area contributed by atoms with Crippen molar-refractivity contribution in [2.24, 2.45) is 0 Å². The van der Waals surface area contributed by atoms with E-state index in [1.807, 2.05) is 6.07 Å². The first-order chi connectivity index (χ1) is 12.6. The van der Waals surface area contributed by atoms with Crippen LogP contribution in [0.4, 0.5) is 5.69 Å². The molecule has 0 fully saturated rings. The number of thioether (sulfide) groups is 1. The number of nitrogens with zero attached hydrogens (tertiary/aromatic N) is 2. The first-order valence-electron chi connectivity index (χ1n) is 8.25. The van der Waals surface area contributed by atoms with Gasteiger partial charge in [-0.15, -0.1) is 0 Å². The summed E-state index contributed by atoms with van der Waals surface area (Å²) < 4.78 is 0. The van der Waals surface area contributed by atoms with Crippen molar-refractivity contribution in [3.05, 3.63) is 52.7 Å². The van der Waals surface area contributed by atoms with Crippen LogP contribution >= 0.6 is 11.8 Å². The number of amides is 1. The highest BCUT2D eigenvalue weighted by Gasteiger charge is 2.16. The topological polar surface area (TPSA) is 103 Å². The maximum Gasteiger partial charge on any atom is 0.335 e. The Morgan fingerprint density at radius 3 is 2.85 bits per heavy atom. The highest BCUT2D eigenvalue weighted by atomic mass is 32.2. The van der Waals surface area contributed by atoms with Crippen molar-refractivity contribution >= 4 is 29.3 Å². The molecule has 26 heavy (non-hydrogen) atoms. The number of aryl methyl sites for hydroxylation is 2. The van der Waals surface area contributed by atoms with Gasteiger partial charge in [0, 0.05) is 11.4 Å². The van der Waals surface area contributed by atoms with Crippen LogP contribution in [0, 0.1) is 11.3 Å². The van der Waals surface area contributed by atoms with Crippen molar-refractivity contribution in [1.82, 2.24) is 4.98 Å². The second-order valence-electron chi connectivity index (χ2n) is 5.99. The van der Waals surface area contributed by atoms with Crippen molar-refractivity contribution in [3.63, 3.8) is 0 Å². The van der Waals surface area contributed by atoms with Crippen LogP contribution in [0.2, 0.25) is 0 Å². The number of hydrogen-bond donors (Lipinski definition) is 2. The molecule has 1 aromatic carbocycles. The Hall–Kier alpha value is -2.85. The summed E-state index contributed by atoms with van der Waals surface area (Å²) in [5.74, 6) is -1.23. The smallest absolute Gasteiger partial charge is 0.335 e. The van der Waals surface area contributed by atoms with Gasteiger partial charge in [0.15, 0.2) is 0 Å². The number of nitrogens with one attached hydrogen (secondary N) is 1. The van der Waals surface area contributed by atoms with Gasteiger partial charge >= 0.3 is 5.97 Å². The van der Waals surface area contributed by atoms with Crippen LogP contribution in [0.3, 0.4) is 0 Å². The number of carbonyl (C=O) groups is 2. The number of hydrogen-bond acceptors (Lipinski definition) is 5. The lowest BCUT2D eigenvalue weighted by molar-refractivity contribution is -0.113. The lowest BCUT2D eigenvalue weighted by atomic mass is 9.95. The average molecular weight is 367 g/mol. The Bertz CT molecular complexity index is 905. The molecule has 7 heteroatoms. The third kappa shape index (κ3) is 4.21. The molecular weight excluding hydrogens is 350 g/mol. The van der Waals surface area contributed by atoms with Gasteiger partial charge in [-0.2, -0.15) is 5.26 Å². The minimum Gasteiger partial charge on any atom is -0.478 e. The Labute approximate surface area is 155 Å². The van der Waals surface area contributed by atoms with Crippen LogP contribution in [0.15, 0.2) is 35.4 Å². The second-order valence-corrected chi connectivity index (χ2v) is 6.95. The van der Waals surface area contributed by atoms with Crippen molar-refractivity contribution in [3.8, 4) is 6.07 Å². The van der Waals surface area contributed by atoms with Gasteiger partial charge in [0.1, 0.15) is 11.1 Å². The van der Waals surface area contributed by atoms with Crippen LogP contribution in [0.5, 0.6) is 0 Å². The number of carbonyl (C=O) groups excluding carboxylic acids is 1. The van der Waals surface area contributed by atoms with Gasteiger partial charge in [0.05, 0.1) is 16.9 Å². The van der Waals surface area contributed by atoms with E-state index in [1.165, 1.54) is 23.9 Å². The third-order valence-corrected chi connectivity index (χ3v) is 5.11. The van der Waals surface area contributed by atoms with E-state index in [0.29, 0.717) is 16.3 Å². The molecule has 6 nitrogen and oxygen atoms in total. The molecular formula is C19H17N3O3S. The number of rotatable bonds is 5. The third-order valence-electron chi connectivity index (χ3n) is 4.12. The molecule has 2 N–H and O–H groups in total. The zero-order chi connectivity index (χ0) is 18.5. The summed E-state index contributed by atoms with van der Waals surface area (Å²) in [6, 6.07) is 10.1. The number of nitriles is 1. The monoisotopic (exact) mass is 367 g/mol. The van der Waals surface area contributed by atoms with E-state index < -0.39 is 5.97 Å². The van der Waals surface area contributed by atoms with Gasteiger partial charge in [-0.05, 0) is 55.5 Å². The van der Waals surface area contributed by atoms with E-state index in [2.05, 4.69) is 16.4 Å². The van der Waals surface area contributed by atoms with Crippen molar-refractivity contribution < 1.29 is 14.7 Å². The summed E-state index contributed by atoms with van der Waals surface area (Å²) in [6.07, 6.45) is 4.06. The van der Waals surface area contributed by atoms with E-state index in [9.17, 15) is 14.9 Å². The number of benzene rings is 1. The number of anilines is 1. The van der Waals surface area contributed by atoms with Crippen LogP contribution < -0.4 is 5.32 Å². The summed E-state index contributed by atoms with van der Waals surface area (Å²) in [4.78, 5) is 27.7. The molecule has 1 heterocycles. The summed E-state index contributed by atoms with van der Waals surface area (Å²) in [5.41, 5.74) is 3.18. The van der Waals surface area contributed by atoms with Gasteiger partial charge in [-0.1, -0.05) is 17.8 Å². The molecule has 0 radical (unpaired) electrons. The lowest BCUT2D eigenvalue weighted by Crippen LogP contribution is -2.15. The molecule has 1 aliphatic rings. The Morgan fingerprint density at radius 1 is 1.27 bits per heavy atom. The van der Waals surface area contributed by atoms with E-state index in [4.69, 9.17) is 5.11 Å². The molecule has 2 aromatic rings. The zero-order valence-electron chi connectivity index (χ0n) is 14.0. The molecule has 0 bridgehead atoms. The molecule has 0 aliphatic heterocycles. The lowest BCUT2D eigenvalue weighted by Gasteiger charge is -2.16. The summed E-state index contributed by atoms with van der Waals surface area (Å²) >= 11 is 1.22. The normalized spacial score (nSPS) is 12.7. The highest BCUT2D eigenvalue weighted by Crippen LogP contribution is 2.27. The first kappa shape index (κ1) is 18.0. The predicted molar refractivity (Wildman–Crippen MR) is 98.3 cm³/mol. The fraction of sp³-hybridized carbons (Fsp3) is 0.263. The standard InChI is InChI=1S/C19H17N3O3S/c20-10-14-8-12-4-1-2-7-16(12)22-18(14)26-11-17(23)21-15-6-3-5-13(9-15)19(24)25/h3,5-6,8-9H,1-2,4,7,11H2,(H,21,23)(H,24,25). The number of carboxylic acid groups (broad SMARTS) is 1. The Kier molecular flexibility index (Phi) is 5.54. The molecule has 132 valence electrons. The fourth-order valence-corrected chi connectivity index (χ4v) is 3.64. The van der Waals surface area contributed by atoms with Gasteiger partial charge in [0.25, 0.3) is 0 Å². The van der Waals surface area contributed by atoms with Gasteiger partial charge in [0.2, 0.25) is 5.91 Å². The van der Waals surface area contributed by atoms with Crippen LogP contribution in [0.1, 0.15) is 40.0 Å². The van der Waals surface area contributed by atoms with Gasteiger partial charge in [-0.3, -0.25) is 4.79 Å². The first-order valence-corrected chi connectivity index (χ1v) is 9.24. The van der Waals surface area contributed by atoms with E-state index in [0.717, 1.165) is 36.9 Å². The summed E-state index contributed by atoms with van der Waals surface area (Å²) in [6.45, 7) is 0. The summed E-state index contributed by atoms with van der Waals surface area (Å²) in [5, 5.41) is 21.6. The van der Waals surface area contributed by atoms with E-state index >= 15 is 0 Å². The van der Waals surface area contributed by atoms with Crippen molar-refractivity contribution in [2.75, 3.05) is 11.1 Å². The minimum absolute atomic E-state index is 0.0950. The average Bonchev–Trinajstić information content (AvgIpc) is 2.65. The van der Waals surface area contributed by atoms with Crippen LogP contribution in [-0.4, -0.2) is 27.7 Å². The zero-order valence-corrected chi connectivity index (χ0v) is 14.8. The predicted octanol–water partition coefficient (Wildman–Crippen LogP) is 3.26. The molecule has 0 atom stereocenters. The SMILES string of the molecule is N#Cc1cc2c(nc1SCC(=O)Nc1cccc(C(=O)O)c1)CCCC2. The minimum atomic E-state index is -1.05. The van der Waals surface area contributed by atoms with Crippen LogP contribution in [-0.2, 0) is 17.6 Å². The molecule has 0 unspecified atom stereocenters. The number of fused-ring (bicyclic) bond motifs is 1. The molecule has 0 spiro atoms. The second kappa shape index (κ2) is 8.02. The fourth-order valence-electron chi connectivity index (χ4n) is 2.87. The maximum atomic E-state index is 12.2. The Balaban J connectivity index is 1.67. The molecule has 0 saturated carbocycles.